The van der Waals surface area contributed by atoms with E-state index in [2.05, 4.69) is 15.5 Å². The highest BCUT2D eigenvalue weighted by atomic mass is 19.4. The first kappa shape index (κ1) is 15.9. The van der Waals surface area contributed by atoms with Crippen LogP contribution in [0.15, 0.2) is 24.5 Å². The fourth-order valence-electron chi connectivity index (χ4n) is 1.84. The zero-order chi connectivity index (χ0) is 16.3. The molecule has 0 spiro atoms. The van der Waals surface area contributed by atoms with Gasteiger partial charge in [-0.3, -0.25) is 4.79 Å². The minimum absolute atomic E-state index is 0.0983. The van der Waals surface area contributed by atoms with Crippen molar-refractivity contribution in [2.75, 3.05) is 6.54 Å². The number of nitrogens with zero attached hydrogens (tertiary/aromatic N) is 3. The van der Waals surface area contributed by atoms with E-state index in [1.165, 1.54) is 6.33 Å². The summed E-state index contributed by atoms with van der Waals surface area (Å²) in [6.07, 6.45) is -3.05. The predicted molar refractivity (Wildman–Crippen MR) is 68.4 cm³/mol. The number of carbonyl (C=O) groups excluding carboxylic acids is 1. The molecule has 0 aliphatic carbocycles. The summed E-state index contributed by atoms with van der Waals surface area (Å²) in [6, 6.07) is 2.58. The Labute approximate surface area is 123 Å². The predicted octanol–water partition coefficient (Wildman–Crippen LogP) is 1.95. The van der Waals surface area contributed by atoms with Crippen LogP contribution in [0.4, 0.5) is 17.6 Å². The van der Waals surface area contributed by atoms with Crippen LogP contribution in [0, 0.1) is 5.82 Å². The lowest BCUT2D eigenvalue weighted by atomic mass is 10.1. The maximum Gasteiger partial charge on any atom is 0.419 e. The highest BCUT2D eigenvalue weighted by molar-refractivity contribution is 5.94. The van der Waals surface area contributed by atoms with Crippen LogP contribution in [0.25, 0.3) is 0 Å². The minimum atomic E-state index is -4.85. The van der Waals surface area contributed by atoms with Crippen molar-refractivity contribution in [2.24, 2.45) is 7.05 Å². The third-order valence-corrected chi connectivity index (χ3v) is 2.99. The molecule has 0 radical (unpaired) electrons. The van der Waals surface area contributed by atoms with Crippen LogP contribution in [0.5, 0.6) is 0 Å². The molecule has 1 aromatic heterocycles. The average Bonchev–Trinajstić information content (AvgIpc) is 2.83. The molecule has 22 heavy (non-hydrogen) atoms. The topological polar surface area (TPSA) is 59.8 Å². The maximum absolute atomic E-state index is 13.8. The zero-order valence-electron chi connectivity index (χ0n) is 11.5. The molecule has 0 saturated heterocycles. The second-order valence-corrected chi connectivity index (χ2v) is 4.53. The number of nitrogens with one attached hydrogen (secondary N) is 1. The number of carbonyl (C=O) groups is 1. The summed E-state index contributed by atoms with van der Waals surface area (Å²) in [5.41, 5.74) is -2.11. The van der Waals surface area contributed by atoms with Gasteiger partial charge in [-0.1, -0.05) is 6.07 Å². The summed E-state index contributed by atoms with van der Waals surface area (Å²) in [4.78, 5) is 11.8. The van der Waals surface area contributed by atoms with Gasteiger partial charge in [0.15, 0.2) is 0 Å². The number of rotatable bonds is 4. The first-order valence-corrected chi connectivity index (χ1v) is 6.27. The number of amides is 1. The van der Waals surface area contributed by atoms with E-state index in [1.807, 2.05) is 0 Å². The van der Waals surface area contributed by atoms with Crippen LogP contribution < -0.4 is 5.32 Å². The number of hydrogen-bond donors (Lipinski definition) is 1. The molecule has 1 N–H and O–H groups in total. The standard InChI is InChI=1S/C13H12F4N4O/c1-21-7-19-20-10(21)5-6-18-12(22)8-3-2-4-9(11(8)14)13(15,16)17/h2-4,7H,5-6H2,1H3,(H,18,22). The molecule has 0 saturated carbocycles. The number of alkyl halides is 3. The van der Waals surface area contributed by atoms with Gasteiger partial charge in [0.05, 0.1) is 11.1 Å². The Kier molecular flexibility index (Phi) is 4.43. The SMILES string of the molecule is Cn1cnnc1CCNC(=O)c1cccc(C(F)(F)F)c1F. The normalized spacial score (nSPS) is 11.5. The quantitative estimate of drug-likeness (QED) is 0.877. The van der Waals surface area contributed by atoms with E-state index in [4.69, 9.17) is 0 Å². The van der Waals surface area contributed by atoms with Crippen molar-refractivity contribution >= 4 is 5.91 Å². The van der Waals surface area contributed by atoms with E-state index >= 15 is 0 Å². The Morgan fingerprint density at radius 3 is 2.68 bits per heavy atom. The van der Waals surface area contributed by atoms with Gasteiger partial charge in [-0.05, 0) is 12.1 Å². The van der Waals surface area contributed by atoms with Gasteiger partial charge in [0.1, 0.15) is 18.0 Å². The fraction of sp³-hybridized carbons (Fsp3) is 0.308. The van der Waals surface area contributed by atoms with Gasteiger partial charge in [0.2, 0.25) is 0 Å². The van der Waals surface area contributed by atoms with Gasteiger partial charge in [0, 0.05) is 20.0 Å². The number of aromatic nitrogens is 3. The summed E-state index contributed by atoms with van der Waals surface area (Å²) >= 11 is 0. The number of benzene rings is 1. The molecule has 118 valence electrons. The first-order valence-electron chi connectivity index (χ1n) is 6.27. The molecule has 0 atom stereocenters. The highest BCUT2D eigenvalue weighted by Crippen LogP contribution is 2.32. The van der Waals surface area contributed by atoms with E-state index in [1.54, 1.807) is 11.6 Å². The van der Waals surface area contributed by atoms with E-state index in [0.717, 1.165) is 12.1 Å². The van der Waals surface area contributed by atoms with Gasteiger partial charge in [-0.15, -0.1) is 10.2 Å². The molecule has 5 nitrogen and oxygen atoms in total. The third-order valence-electron chi connectivity index (χ3n) is 2.99. The van der Waals surface area contributed by atoms with Crippen molar-refractivity contribution in [3.63, 3.8) is 0 Å². The Bertz CT molecular complexity index is 681. The third kappa shape index (κ3) is 3.41. The molecule has 9 heteroatoms. The van der Waals surface area contributed by atoms with E-state index in [9.17, 15) is 22.4 Å². The van der Waals surface area contributed by atoms with Gasteiger partial charge >= 0.3 is 6.18 Å². The Balaban J connectivity index is 2.06. The molecule has 1 aromatic carbocycles. The highest BCUT2D eigenvalue weighted by Gasteiger charge is 2.35. The van der Waals surface area contributed by atoms with Gasteiger partial charge in [-0.25, -0.2) is 4.39 Å². The Hall–Kier alpha value is -2.45. The van der Waals surface area contributed by atoms with E-state index < -0.39 is 29.0 Å². The summed E-state index contributed by atoms with van der Waals surface area (Å²) in [6.45, 7) is 0.0983. The van der Waals surface area contributed by atoms with Crippen molar-refractivity contribution in [3.05, 3.63) is 47.3 Å². The Morgan fingerprint density at radius 1 is 1.36 bits per heavy atom. The first-order chi connectivity index (χ1) is 10.3. The van der Waals surface area contributed by atoms with Crippen LogP contribution >= 0.6 is 0 Å². The molecule has 0 aliphatic heterocycles. The maximum atomic E-state index is 13.8. The number of hydrogen-bond acceptors (Lipinski definition) is 3. The largest absolute Gasteiger partial charge is 0.419 e. The molecular formula is C13H12F4N4O. The van der Waals surface area contributed by atoms with Gasteiger partial charge in [-0.2, -0.15) is 13.2 Å². The lowest BCUT2D eigenvalue weighted by molar-refractivity contribution is -0.140. The summed E-state index contributed by atoms with van der Waals surface area (Å²) in [5, 5.41) is 9.79. The molecule has 0 unspecified atom stereocenters. The van der Waals surface area contributed by atoms with Crippen LogP contribution in [-0.2, 0) is 19.6 Å². The molecule has 2 rings (SSSR count). The molecule has 0 fully saturated rings. The molecule has 1 amide bonds. The molecule has 2 aromatic rings. The Morgan fingerprint density at radius 2 is 2.09 bits per heavy atom. The molecular weight excluding hydrogens is 304 g/mol. The minimum Gasteiger partial charge on any atom is -0.351 e. The van der Waals surface area contributed by atoms with Crippen molar-refractivity contribution in [2.45, 2.75) is 12.6 Å². The number of aryl methyl sites for hydroxylation is 1. The van der Waals surface area contributed by atoms with Crippen LogP contribution in [0.3, 0.4) is 0 Å². The van der Waals surface area contributed by atoms with E-state index in [0.29, 0.717) is 18.3 Å². The van der Waals surface area contributed by atoms with Crippen LogP contribution in [0.1, 0.15) is 21.7 Å². The lowest BCUT2D eigenvalue weighted by Crippen LogP contribution is -2.28. The van der Waals surface area contributed by atoms with Crippen LogP contribution in [0.2, 0.25) is 0 Å². The van der Waals surface area contributed by atoms with Crippen molar-refractivity contribution < 1.29 is 22.4 Å². The molecule has 1 heterocycles. The summed E-state index contributed by atoms with van der Waals surface area (Å²) in [7, 11) is 1.71. The van der Waals surface area contributed by atoms with Crippen LogP contribution in [-0.4, -0.2) is 27.2 Å². The van der Waals surface area contributed by atoms with E-state index in [-0.39, 0.29) is 6.54 Å². The van der Waals surface area contributed by atoms with Gasteiger partial charge in [0.25, 0.3) is 5.91 Å². The fourth-order valence-corrected chi connectivity index (χ4v) is 1.84. The molecule has 0 bridgehead atoms. The summed E-state index contributed by atoms with van der Waals surface area (Å²) < 4.78 is 53.2. The monoisotopic (exact) mass is 316 g/mol. The lowest BCUT2D eigenvalue weighted by Gasteiger charge is -2.11. The summed E-state index contributed by atoms with van der Waals surface area (Å²) in [5.74, 6) is -1.90. The van der Waals surface area contributed by atoms with Crippen molar-refractivity contribution in [1.82, 2.24) is 20.1 Å². The van der Waals surface area contributed by atoms with Crippen molar-refractivity contribution in [3.8, 4) is 0 Å². The second-order valence-electron chi connectivity index (χ2n) is 4.53. The van der Waals surface area contributed by atoms with Gasteiger partial charge < -0.3 is 9.88 Å². The average molecular weight is 316 g/mol. The second kappa shape index (κ2) is 6.12. The zero-order valence-corrected chi connectivity index (χ0v) is 11.5. The van der Waals surface area contributed by atoms with Crippen molar-refractivity contribution in [1.29, 1.82) is 0 Å². The molecule has 0 aliphatic rings. The number of halogens is 4. The smallest absolute Gasteiger partial charge is 0.351 e.